The molecule has 0 amide bonds. The van der Waals surface area contributed by atoms with Gasteiger partial charge in [-0.05, 0) is 29.8 Å². The van der Waals surface area contributed by atoms with Crippen LogP contribution < -0.4 is 0 Å². The third-order valence-electron chi connectivity index (χ3n) is 1.72. The van der Waals surface area contributed by atoms with E-state index >= 15 is 0 Å². The Bertz CT molecular complexity index is 480. The Morgan fingerprint density at radius 3 is 2.69 bits per heavy atom. The summed E-state index contributed by atoms with van der Waals surface area (Å²) in [4.78, 5) is 10.5. The molecule has 0 radical (unpaired) electrons. The number of aromatic nitrogens is 2. The second-order valence-corrected chi connectivity index (χ2v) is 5.07. The van der Waals surface area contributed by atoms with E-state index in [1.807, 2.05) is 13.8 Å². The zero-order valence-corrected chi connectivity index (χ0v) is 10.2. The molecule has 0 aliphatic rings. The number of aryl methyl sites for hydroxylation is 2. The molecule has 2 heterocycles. The lowest BCUT2D eigenvalue weighted by Gasteiger charge is -1.95. The van der Waals surface area contributed by atoms with E-state index in [2.05, 4.69) is 25.9 Å². The molecule has 0 spiro atoms. The van der Waals surface area contributed by atoms with E-state index in [-0.39, 0.29) is 0 Å². The summed E-state index contributed by atoms with van der Waals surface area (Å²) in [6.45, 7) is 3.87. The van der Waals surface area contributed by atoms with Crippen molar-refractivity contribution in [3.05, 3.63) is 20.3 Å². The predicted octanol–water partition coefficient (Wildman–Crippen LogP) is 3.72. The van der Waals surface area contributed by atoms with Gasteiger partial charge in [-0.2, -0.15) is 0 Å². The zero-order chi connectivity index (χ0) is 9.59. The fraction of sp³-hybridized carbons (Fsp3) is 0.250. The lowest BCUT2D eigenvalue weighted by Crippen LogP contribution is -1.86. The minimum absolute atomic E-state index is 0.527. The molecule has 0 fully saturated rings. The van der Waals surface area contributed by atoms with Gasteiger partial charge in [0.2, 0.25) is 0 Å². The van der Waals surface area contributed by atoms with Crippen molar-refractivity contribution in [2.45, 2.75) is 13.8 Å². The summed E-state index contributed by atoms with van der Waals surface area (Å²) < 4.78 is 1.01. The molecule has 13 heavy (non-hydrogen) atoms. The normalized spacial score (nSPS) is 11.1. The second kappa shape index (κ2) is 3.19. The summed E-state index contributed by atoms with van der Waals surface area (Å²) in [6, 6.07) is 0. The van der Waals surface area contributed by atoms with Gasteiger partial charge >= 0.3 is 0 Å². The summed E-state index contributed by atoms with van der Waals surface area (Å²) in [5, 5.41) is 1.45. The smallest absolute Gasteiger partial charge is 0.142 e. The van der Waals surface area contributed by atoms with Crippen LogP contribution in [0, 0.1) is 13.8 Å². The third-order valence-corrected chi connectivity index (χ3v) is 4.25. The minimum atomic E-state index is 0.527. The zero-order valence-electron chi connectivity index (χ0n) is 7.06. The Kier molecular flexibility index (Phi) is 2.30. The molecule has 0 atom stereocenters. The molecule has 68 valence electrons. The molecule has 5 heteroatoms. The van der Waals surface area contributed by atoms with Crippen LogP contribution in [0.15, 0.2) is 4.47 Å². The highest BCUT2D eigenvalue weighted by atomic mass is 79.9. The summed E-state index contributed by atoms with van der Waals surface area (Å²) in [5.41, 5.74) is 0. The number of thiophene rings is 1. The van der Waals surface area contributed by atoms with Crippen LogP contribution in [0.2, 0.25) is 5.15 Å². The van der Waals surface area contributed by atoms with Gasteiger partial charge in [0.1, 0.15) is 15.8 Å². The molecule has 0 saturated heterocycles. The largest absolute Gasteiger partial charge is 0.222 e. The molecular formula is C8H6BrClN2S. The summed E-state index contributed by atoms with van der Waals surface area (Å²) in [6.07, 6.45) is 0. The highest BCUT2D eigenvalue weighted by Crippen LogP contribution is 2.37. The van der Waals surface area contributed by atoms with Crippen LogP contribution >= 0.6 is 38.9 Å². The predicted molar refractivity (Wildman–Crippen MR) is 59.6 cm³/mol. The van der Waals surface area contributed by atoms with E-state index in [0.29, 0.717) is 11.0 Å². The van der Waals surface area contributed by atoms with Gasteiger partial charge in [0, 0.05) is 9.35 Å². The number of fused-ring (bicyclic) bond motifs is 1. The fourth-order valence-electron chi connectivity index (χ4n) is 1.14. The number of hydrogen-bond acceptors (Lipinski definition) is 3. The van der Waals surface area contributed by atoms with E-state index in [1.165, 1.54) is 4.88 Å². The van der Waals surface area contributed by atoms with Crippen LogP contribution in [0.3, 0.4) is 0 Å². The van der Waals surface area contributed by atoms with Crippen LogP contribution in [0.5, 0.6) is 0 Å². The van der Waals surface area contributed by atoms with Gasteiger partial charge in [-0.1, -0.05) is 11.6 Å². The van der Waals surface area contributed by atoms with Gasteiger partial charge in [-0.3, -0.25) is 0 Å². The molecule has 2 rings (SSSR count). The topological polar surface area (TPSA) is 25.8 Å². The SMILES string of the molecule is Cc1nc(Cl)c2c(Br)c(C)sc2n1. The highest BCUT2D eigenvalue weighted by molar-refractivity contribution is 9.10. The maximum Gasteiger partial charge on any atom is 0.142 e. The fourth-order valence-corrected chi connectivity index (χ4v) is 3.32. The van der Waals surface area contributed by atoms with Crippen LogP contribution in [0.25, 0.3) is 10.2 Å². The molecule has 0 aliphatic heterocycles. The second-order valence-electron chi connectivity index (χ2n) is 2.71. The average Bonchev–Trinajstić information content (AvgIpc) is 2.27. The molecule has 0 unspecified atom stereocenters. The van der Waals surface area contributed by atoms with Crippen molar-refractivity contribution in [1.29, 1.82) is 0 Å². The van der Waals surface area contributed by atoms with Crippen molar-refractivity contribution in [3.8, 4) is 0 Å². The molecular weight excluding hydrogens is 272 g/mol. The molecule has 0 aliphatic carbocycles. The molecule has 0 N–H and O–H groups in total. The standard InChI is InChI=1S/C8H6BrClN2S/c1-3-6(9)5-7(10)11-4(2)12-8(5)13-3/h1-2H3. The maximum atomic E-state index is 6.01. The Labute approximate surface area is 93.1 Å². The van der Waals surface area contributed by atoms with Crippen LogP contribution in [-0.2, 0) is 0 Å². The Hall–Kier alpha value is -0.190. The lowest BCUT2D eigenvalue weighted by atomic mass is 10.4. The minimum Gasteiger partial charge on any atom is -0.222 e. The number of nitrogens with zero attached hydrogens (tertiary/aromatic N) is 2. The van der Waals surface area contributed by atoms with E-state index in [9.17, 15) is 0 Å². The van der Waals surface area contributed by atoms with Gasteiger partial charge in [0.25, 0.3) is 0 Å². The Morgan fingerprint density at radius 2 is 2.00 bits per heavy atom. The molecule has 0 aromatic carbocycles. The van der Waals surface area contributed by atoms with Gasteiger partial charge in [-0.15, -0.1) is 11.3 Å². The van der Waals surface area contributed by atoms with Crippen LogP contribution in [0.1, 0.15) is 10.7 Å². The van der Waals surface area contributed by atoms with Gasteiger partial charge in [0.05, 0.1) is 5.39 Å². The number of halogens is 2. The summed E-state index contributed by atoms with van der Waals surface area (Å²) >= 11 is 11.1. The van der Waals surface area contributed by atoms with Gasteiger partial charge in [0.15, 0.2) is 0 Å². The first-order valence-corrected chi connectivity index (χ1v) is 5.67. The van der Waals surface area contributed by atoms with E-state index < -0.39 is 0 Å². The molecule has 0 saturated carbocycles. The first-order chi connectivity index (χ1) is 6.09. The van der Waals surface area contributed by atoms with Crippen molar-refractivity contribution in [2.24, 2.45) is 0 Å². The maximum absolute atomic E-state index is 6.01. The van der Waals surface area contributed by atoms with Crippen LogP contribution in [-0.4, -0.2) is 9.97 Å². The summed E-state index contributed by atoms with van der Waals surface area (Å²) in [7, 11) is 0. The number of rotatable bonds is 0. The van der Waals surface area contributed by atoms with Crippen molar-refractivity contribution in [3.63, 3.8) is 0 Å². The Balaban J connectivity index is 2.94. The van der Waals surface area contributed by atoms with Crippen molar-refractivity contribution in [1.82, 2.24) is 9.97 Å². The molecule has 2 aromatic heterocycles. The van der Waals surface area contributed by atoms with Gasteiger partial charge < -0.3 is 0 Å². The molecule has 2 nitrogen and oxygen atoms in total. The lowest BCUT2D eigenvalue weighted by molar-refractivity contribution is 1.10. The van der Waals surface area contributed by atoms with Crippen molar-refractivity contribution < 1.29 is 0 Å². The number of hydrogen-bond donors (Lipinski definition) is 0. The first kappa shape index (κ1) is 9.37. The molecule has 0 bridgehead atoms. The third kappa shape index (κ3) is 1.47. The highest BCUT2D eigenvalue weighted by Gasteiger charge is 2.12. The van der Waals surface area contributed by atoms with Gasteiger partial charge in [-0.25, -0.2) is 9.97 Å². The van der Waals surface area contributed by atoms with E-state index in [1.54, 1.807) is 11.3 Å². The molecule has 2 aromatic rings. The first-order valence-electron chi connectivity index (χ1n) is 3.68. The van der Waals surface area contributed by atoms with Crippen molar-refractivity contribution in [2.75, 3.05) is 0 Å². The Morgan fingerprint density at radius 1 is 1.31 bits per heavy atom. The average molecular weight is 278 g/mol. The van der Waals surface area contributed by atoms with Crippen molar-refractivity contribution >= 4 is 49.1 Å². The monoisotopic (exact) mass is 276 g/mol. The summed E-state index contributed by atoms with van der Waals surface area (Å²) in [5.74, 6) is 0.714. The van der Waals surface area contributed by atoms with Crippen LogP contribution in [0.4, 0.5) is 0 Å². The van der Waals surface area contributed by atoms with E-state index in [0.717, 1.165) is 14.7 Å². The van der Waals surface area contributed by atoms with E-state index in [4.69, 9.17) is 11.6 Å². The quantitative estimate of drug-likeness (QED) is 0.686.